The zero-order valence-electron chi connectivity index (χ0n) is 8.37. The minimum Gasteiger partial charge on any atom is -0.478 e. The molecule has 0 aliphatic carbocycles. The van der Waals surface area contributed by atoms with E-state index in [1.807, 2.05) is 0 Å². The second-order valence-corrected chi connectivity index (χ2v) is 3.76. The van der Waals surface area contributed by atoms with Gasteiger partial charge in [0.15, 0.2) is 0 Å². The average molecular weight is 215 g/mol. The molecule has 82 valence electrons. The van der Waals surface area contributed by atoms with Crippen molar-refractivity contribution < 1.29 is 18.7 Å². The summed E-state index contributed by atoms with van der Waals surface area (Å²) in [4.78, 5) is 14.4. The summed E-state index contributed by atoms with van der Waals surface area (Å²) in [6.45, 7) is 2.65. The number of hydrogen-bond donors (Lipinski definition) is 1. The minimum absolute atomic E-state index is 0.0336. The van der Waals surface area contributed by atoms with Crippen LogP contribution >= 0.6 is 0 Å². The van der Waals surface area contributed by atoms with Crippen LogP contribution in [0.1, 0.15) is 29.9 Å². The normalized spacial score (nSPS) is 11.8. The number of carbonyl (C=O) groups is 1. The maximum atomic E-state index is 12.6. The van der Waals surface area contributed by atoms with Crippen LogP contribution in [-0.4, -0.2) is 22.5 Å². The molecule has 1 heterocycles. The lowest BCUT2D eigenvalue weighted by molar-refractivity contribution is 0.0655. The summed E-state index contributed by atoms with van der Waals surface area (Å²) in [7, 11) is 0. The first-order chi connectivity index (χ1) is 6.85. The van der Waals surface area contributed by atoms with Gasteiger partial charge in [-0.2, -0.15) is 0 Å². The number of hydrogen-bond acceptors (Lipinski definition) is 2. The van der Waals surface area contributed by atoms with Gasteiger partial charge >= 0.3 is 5.97 Å². The lowest BCUT2D eigenvalue weighted by Gasteiger charge is -2.22. The topological polar surface area (TPSA) is 50.2 Å². The second kappa shape index (κ2) is 3.92. The van der Waals surface area contributed by atoms with E-state index in [-0.39, 0.29) is 11.3 Å². The number of pyridine rings is 1. The highest BCUT2D eigenvalue weighted by atomic mass is 19.3. The largest absolute Gasteiger partial charge is 0.478 e. The first-order valence-electron chi connectivity index (χ1n) is 4.33. The molecule has 5 heteroatoms. The zero-order valence-corrected chi connectivity index (χ0v) is 8.37. The molecule has 1 aromatic rings. The third kappa shape index (κ3) is 2.29. The monoisotopic (exact) mass is 215 g/mol. The molecule has 1 rings (SSSR count). The van der Waals surface area contributed by atoms with Gasteiger partial charge in [-0.25, -0.2) is 13.6 Å². The number of alkyl halides is 2. The van der Waals surface area contributed by atoms with Gasteiger partial charge in [-0.05, 0) is 26.0 Å². The van der Waals surface area contributed by atoms with Gasteiger partial charge in [0, 0.05) is 6.20 Å². The van der Waals surface area contributed by atoms with Crippen LogP contribution in [0.15, 0.2) is 18.3 Å². The molecule has 1 aromatic heterocycles. The molecule has 0 radical (unpaired) electrons. The van der Waals surface area contributed by atoms with Crippen LogP contribution in [0.2, 0.25) is 0 Å². The Balaban J connectivity index is 3.16. The van der Waals surface area contributed by atoms with Crippen LogP contribution in [0, 0.1) is 0 Å². The minimum atomic E-state index is -2.59. The van der Waals surface area contributed by atoms with E-state index in [9.17, 15) is 13.6 Å². The van der Waals surface area contributed by atoms with Crippen molar-refractivity contribution >= 4 is 5.97 Å². The van der Waals surface area contributed by atoms with Crippen molar-refractivity contribution in [1.29, 1.82) is 0 Å². The Bertz CT molecular complexity index is 377. The fourth-order valence-electron chi connectivity index (χ4n) is 1.03. The molecule has 0 aliphatic heterocycles. The van der Waals surface area contributed by atoms with E-state index in [2.05, 4.69) is 4.98 Å². The van der Waals surface area contributed by atoms with Crippen molar-refractivity contribution in [3.8, 4) is 0 Å². The number of rotatable bonds is 3. The van der Waals surface area contributed by atoms with Gasteiger partial charge in [0.1, 0.15) is 0 Å². The van der Waals surface area contributed by atoms with Crippen LogP contribution < -0.4 is 0 Å². The van der Waals surface area contributed by atoms with Crippen LogP contribution in [0.25, 0.3) is 0 Å². The van der Waals surface area contributed by atoms with Gasteiger partial charge in [0.2, 0.25) is 6.43 Å². The van der Waals surface area contributed by atoms with Crippen LogP contribution in [0.4, 0.5) is 8.78 Å². The van der Waals surface area contributed by atoms with Crippen molar-refractivity contribution in [2.75, 3.05) is 0 Å². The highest BCUT2D eigenvalue weighted by Gasteiger charge is 2.33. The number of aromatic nitrogens is 1. The summed E-state index contributed by atoms with van der Waals surface area (Å²) >= 11 is 0. The Morgan fingerprint density at radius 1 is 1.53 bits per heavy atom. The molecular formula is C10H11F2NO2. The van der Waals surface area contributed by atoms with E-state index in [1.165, 1.54) is 32.2 Å². The summed E-state index contributed by atoms with van der Waals surface area (Å²) in [5.74, 6) is -1.15. The molecular weight excluding hydrogens is 204 g/mol. The maximum absolute atomic E-state index is 12.6. The fourth-order valence-corrected chi connectivity index (χ4v) is 1.03. The Kier molecular flexibility index (Phi) is 3.02. The molecule has 0 atom stereocenters. The van der Waals surface area contributed by atoms with Crippen molar-refractivity contribution in [1.82, 2.24) is 4.98 Å². The van der Waals surface area contributed by atoms with E-state index in [0.717, 1.165) is 0 Å². The zero-order chi connectivity index (χ0) is 11.6. The lowest BCUT2D eigenvalue weighted by Crippen LogP contribution is -2.28. The van der Waals surface area contributed by atoms with Crippen LogP contribution in [-0.2, 0) is 5.41 Å². The molecule has 0 saturated heterocycles. The average Bonchev–Trinajstić information content (AvgIpc) is 2.17. The maximum Gasteiger partial charge on any atom is 0.335 e. The second-order valence-electron chi connectivity index (χ2n) is 3.76. The van der Waals surface area contributed by atoms with Crippen molar-refractivity contribution in [3.63, 3.8) is 0 Å². The first kappa shape index (κ1) is 11.6. The molecule has 0 amide bonds. The predicted molar refractivity (Wildman–Crippen MR) is 50.2 cm³/mol. The Hall–Kier alpha value is -1.52. The summed E-state index contributed by atoms with van der Waals surface area (Å²) in [5.41, 5.74) is -1.39. The predicted octanol–water partition coefficient (Wildman–Crippen LogP) is 2.32. The third-order valence-corrected chi connectivity index (χ3v) is 2.21. The molecule has 15 heavy (non-hydrogen) atoms. The lowest BCUT2D eigenvalue weighted by atomic mass is 9.88. The molecule has 1 N–H and O–H groups in total. The number of aromatic carboxylic acids is 1. The van der Waals surface area contributed by atoms with E-state index in [1.54, 1.807) is 0 Å². The summed E-state index contributed by atoms with van der Waals surface area (Å²) in [6.07, 6.45) is -1.36. The Morgan fingerprint density at radius 3 is 2.60 bits per heavy atom. The molecule has 0 unspecified atom stereocenters. The smallest absolute Gasteiger partial charge is 0.335 e. The molecule has 0 fully saturated rings. The Morgan fingerprint density at radius 2 is 2.13 bits per heavy atom. The number of carboxylic acid groups (broad SMARTS) is 1. The Labute approximate surface area is 85.8 Å². The molecule has 3 nitrogen and oxygen atoms in total. The van der Waals surface area contributed by atoms with E-state index in [4.69, 9.17) is 5.11 Å². The highest BCUT2D eigenvalue weighted by Crippen LogP contribution is 2.28. The molecule has 0 aliphatic rings. The SMILES string of the molecule is CC(C)(c1cc(C(=O)O)ccn1)C(F)F. The van der Waals surface area contributed by atoms with Gasteiger partial charge in [0.25, 0.3) is 0 Å². The number of carboxylic acids is 1. The van der Waals surface area contributed by atoms with E-state index < -0.39 is 17.8 Å². The molecule has 0 aromatic carbocycles. The van der Waals surface area contributed by atoms with Gasteiger partial charge in [-0.3, -0.25) is 4.98 Å². The fraction of sp³-hybridized carbons (Fsp3) is 0.400. The van der Waals surface area contributed by atoms with Gasteiger partial charge in [0.05, 0.1) is 16.7 Å². The molecule has 0 spiro atoms. The molecule has 0 bridgehead atoms. The van der Waals surface area contributed by atoms with E-state index in [0.29, 0.717) is 0 Å². The van der Waals surface area contributed by atoms with Crippen molar-refractivity contribution in [2.45, 2.75) is 25.7 Å². The quantitative estimate of drug-likeness (QED) is 0.841. The van der Waals surface area contributed by atoms with Crippen molar-refractivity contribution in [2.24, 2.45) is 0 Å². The molecule has 0 saturated carbocycles. The van der Waals surface area contributed by atoms with Gasteiger partial charge in [-0.15, -0.1) is 0 Å². The van der Waals surface area contributed by atoms with E-state index >= 15 is 0 Å². The van der Waals surface area contributed by atoms with Gasteiger partial charge < -0.3 is 5.11 Å². The standard InChI is InChI=1S/C10H11F2NO2/c1-10(2,9(11)12)7-5-6(8(14)15)3-4-13-7/h3-5,9H,1-2H3,(H,14,15). The number of halogens is 2. The summed E-state index contributed by atoms with van der Waals surface area (Å²) in [6, 6.07) is 2.45. The summed E-state index contributed by atoms with van der Waals surface area (Å²) < 4.78 is 25.3. The van der Waals surface area contributed by atoms with Gasteiger partial charge in [-0.1, -0.05) is 0 Å². The third-order valence-electron chi connectivity index (χ3n) is 2.21. The summed E-state index contributed by atoms with van der Waals surface area (Å²) in [5, 5.41) is 8.70. The van der Waals surface area contributed by atoms with Crippen molar-refractivity contribution in [3.05, 3.63) is 29.6 Å². The highest BCUT2D eigenvalue weighted by molar-refractivity contribution is 5.87. The first-order valence-corrected chi connectivity index (χ1v) is 4.33. The van der Waals surface area contributed by atoms with Crippen LogP contribution in [0.3, 0.4) is 0 Å². The van der Waals surface area contributed by atoms with Crippen LogP contribution in [0.5, 0.6) is 0 Å². The number of nitrogens with zero attached hydrogens (tertiary/aromatic N) is 1.